The van der Waals surface area contributed by atoms with Crippen LogP contribution >= 0.6 is 7.14 Å². The van der Waals surface area contributed by atoms with Gasteiger partial charge in [-0.15, -0.1) is 0 Å². The standard InChI is InChI=1S/C16H19NO5.C11H12O3.C6H13O3P.3W/c1-9-6-13(22-12(4)19)7-10(2)14(9)8-15(16(20)21-5)17-11(3)18;1-7-4-10(14-9(3)13)5-8(2)11(7)6-12;1-5(6(7)9-2)10(3,4)8;;;/h6-8H,1-5H3,(H,17,18);4-6H,1-3H3;5H,1-4H3;;;/b15-8+;;;;;. The predicted octanol–water partition coefficient (Wildman–Crippen LogP) is 5.08. The SMILES string of the molecule is CC(=O)Oc1cc(C)c(C=O)c(C)c1.COC(=O)/C(=C\c1c(C)cc(OC(C)=O)cc1C)NC(C)=O.COC(=O)C(C)P(C)(C)=O.[W].[W].[W]. The number of hydrogen-bond acceptors (Lipinski definition) is 11. The molecule has 0 fully saturated rings. The van der Waals surface area contributed by atoms with E-state index >= 15 is 0 Å². The molecule has 0 bridgehead atoms. The Morgan fingerprint density at radius 1 is 0.714 bits per heavy atom. The van der Waals surface area contributed by atoms with Gasteiger partial charge in [0.1, 0.15) is 22.9 Å². The van der Waals surface area contributed by atoms with Crippen molar-refractivity contribution < 1.29 is 115 Å². The summed E-state index contributed by atoms with van der Waals surface area (Å²) in [4.78, 5) is 66.0. The molecule has 49 heavy (non-hydrogen) atoms. The zero-order valence-electron chi connectivity index (χ0n) is 29.7. The number of amides is 1. The van der Waals surface area contributed by atoms with E-state index in [4.69, 9.17) is 9.47 Å². The molecule has 1 N–H and O–H groups in total. The summed E-state index contributed by atoms with van der Waals surface area (Å²) in [5.74, 6) is -1.26. The zero-order chi connectivity index (χ0) is 35.9. The van der Waals surface area contributed by atoms with Gasteiger partial charge in [-0.1, -0.05) is 0 Å². The molecule has 270 valence electrons. The molecule has 2 aromatic rings. The first-order valence-electron chi connectivity index (χ1n) is 13.9. The monoisotopic (exact) mass is 1210 g/mol. The summed E-state index contributed by atoms with van der Waals surface area (Å²) in [7, 11) is 0.234. The molecule has 1 atom stereocenters. The summed E-state index contributed by atoms with van der Waals surface area (Å²) in [6.45, 7) is 16.0. The number of aryl methyl sites for hydroxylation is 4. The van der Waals surface area contributed by atoms with Crippen LogP contribution in [0.4, 0.5) is 0 Å². The van der Waals surface area contributed by atoms with Crippen LogP contribution in [0, 0.1) is 27.7 Å². The summed E-state index contributed by atoms with van der Waals surface area (Å²) in [6.07, 6.45) is 2.34. The van der Waals surface area contributed by atoms with E-state index in [2.05, 4.69) is 14.8 Å². The molecular formula is C33H44NO11PW3. The van der Waals surface area contributed by atoms with Crippen molar-refractivity contribution in [2.24, 2.45) is 0 Å². The van der Waals surface area contributed by atoms with Gasteiger partial charge in [0.25, 0.3) is 0 Å². The van der Waals surface area contributed by atoms with Gasteiger partial charge >= 0.3 is 23.9 Å². The van der Waals surface area contributed by atoms with Crippen LogP contribution in [0.1, 0.15) is 65.9 Å². The fourth-order valence-corrected chi connectivity index (χ4v) is 4.36. The van der Waals surface area contributed by atoms with E-state index in [0.717, 1.165) is 34.1 Å². The van der Waals surface area contributed by atoms with Gasteiger partial charge < -0.3 is 28.8 Å². The molecule has 0 aliphatic carbocycles. The van der Waals surface area contributed by atoms with Crippen molar-refractivity contribution in [2.75, 3.05) is 27.5 Å². The molecule has 0 heterocycles. The van der Waals surface area contributed by atoms with Crippen molar-refractivity contribution in [1.82, 2.24) is 5.32 Å². The van der Waals surface area contributed by atoms with Gasteiger partial charge in [-0.3, -0.25) is 24.0 Å². The van der Waals surface area contributed by atoms with Crippen molar-refractivity contribution in [2.45, 2.75) is 61.0 Å². The summed E-state index contributed by atoms with van der Waals surface area (Å²) in [5.41, 5.74) is 4.18. The third kappa shape index (κ3) is 20.1. The number of esters is 4. The van der Waals surface area contributed by atoms with E-state index in [1.54, 1.807) is 44.5 Å². The number of ether oxygens (including phenoxy) is 4. The average Bonchev–Trinajstić information content (AvgIpc) is 2.92. The third-order valence-corrected chi connectivity index (χ3v) is 8.33. The number of carbonyl (C=O) groups excluding carboxylic acids is 6. The van der Waals surface area contributed by atoms with E-state index < -0.39 is 30.7 Å². The van der Waals surface area contributed by atoms with Crippen LogP contribution in [0.5, 0.6) is 11.5 Å². The molecule has 0 saturated carbocycles. The van der Waals surface area contributed by atoms with E-state index in [1.807, 2.05) is 27.7 Å². The van der Waals surface area contributed by atoms with Crippen LogP contribution in [-0.4, -0.2) is 69.3 Å². The van der Waals surface area contributed by atoms with Crippen molar-refractivity contribution in [3.63, 3.8) is 0 Å². The van der Waals surface area contributed by atoms with Gasteiger partial charge in [-0.25, -0.2) is 4.79 Å². The van der Waals surface area contributed by atoms with Crippen LogP contribution in [0.2, 0.25) is 0 Å². The second-order valence-electron chi connectivity index (χ2n) is 10.6. The van der Waals surface area contributed by atoms with Gasteiger partial charge in [0.05, 0.1) is 21.4 Å². The number of methoxy groups -OCH3 is 2. The molecule has 0 aliphatic rings. The summed E-state index contributed by atoms with van der Waals surface area (Å²) < 4.78 is 30.3. The molecule has 16 heteroatoms. The van der Waals surface area contributed by atoms with E-state index in [-0.39, 0.29) is 80.8 Å². The Labute approximate surface area is 331 Å². The number of aldehydes is 1. The van der Waals surface area contributed by atoms with Crippen molar-refractivity contribution >= 4 is 49.3 Å². The Kier molecular flexibility index (Phi) is 27.7. The Morgan fingerprint density at radius 3 is 1.33 bits per heavy atom. The quantitative estimate of drug-likeness (QED) is 0.123. The molecule has 0 saturated heterocycles. The van der Waals surface area contributed by atoms with E-state index in [9.17, 15) is 33.3 Å². The Hall–Kier alpha value is -2.51. The van der Waals surface area contributed by atoms with Crippen molar-refractivity contribution in [3.8, 4) is 11.5 Å². The second kappa shape index (κ2) is 25.4. The second-order valence-corrected chi connectivity index (χ2v) is 14.3. The average molecular weight is 1210 g/mol. The van der Waals surface area contributed by atoms with Crippen LogP contribution in [0.15, 0.2) is 30.0 Å². The minimum Gasteiger partial charge on any atom is -0.468 e. The third-order valence-electron chi connectivity index (χ3n) is 6.26. The number of carbonyl (C=O) groups is 6. The maximum atomic E-state index is 11.7. The first kappa shape index (κ1) is 53.3. The van der Waals surface area contributed by atoms with Gasteiger partial charge in [-0.05, 0) is 106 Å². The van der Waals surface area contributed by atoms with Gasteiger partial charge in [-0.2, -0.15) is 0 Å². The number of hydrogen-bond donors (Lipinski definition) is 1. The fraction of sp³-hybridized carbons (Fsp3) is 0.394. The molecule has 0 aliphatic heterocycles. The minimum atomic E-state index is -2.30. The molecule has 2 aromatic carbocycles. The largest absolute Gasteiger partial charge is 0.468 e. The smallest absolute Gasteiger partial charge is 0.354 e. The fourth-order valence-electron chi connectivity index (χ4n) is 3.75. The van der Waals surface area contributed by atoms with Crippen LogP contribution in [0.3, 0.4) is 0 Å². The summed E-state index contributed by atoms with van der Waals surface area (Å²) >= 11 is 0. The Balaban J connectivity index is -0.000000325. The topological polar surface area (TPSA) is 168 Å². The number of benzene rings is 2. The maximum Gasteiger partial charge on any atom is 0.354 e. The molecule has 2 rings (SSSR count). The van der Waals surface area contributed by atoms with Gasteiger partial charge in [0.2, 0.25) is 5.91 Å². The molecule has 1 unspecified atom stereocenters. The van der Waals surface area contributed by atoms with E-state index in [1.165, 1.54) is 41.1 Å². The minimum absolute atomic E-state index is 0. The van der Waals surface area contributed by atoms with Crippen molar-refractivity contribution in [1.29, 1.82) is 0 Å². The van der Waals surface area contributed by atoms with Crippen LogP contribution in [0.25, 0.3) is 6.08 Å². The summed E-state index contributed by atoms with van der Waals surface area (Å²) in [5, 5.41) is 2.44. The first-order chi connectivity index (χ1) is 21.2. The zero-order valence-corrected chi connectivity index (χ0v) is 39.4. The van der Waals surface area contributed by atoms with Crippen LogP contribution in [-0.2, 0) is 101 Å². The molecule has 12 nitrogen and oxygen atoms in total. The maximum absolute atomic E-state index is 11.7. The first-order valence-corrected chi connectivity index (χ1v) is 16.6. The Morgan fingerprint density at radius 2 is 1.08 bits per heavy atom. The summed E-state index contributed by atoms with van der Waals surface area (Å²) in [6, 6.07) is 6.72. The van der Waals surface area contributed by atoms with Crippen LogP contribution < -0.4 is 14.8 Å². The molecule has 0 spiro atoms. The molecule has 1 amide bonds. The van der Waals surface area contributed by atoms with E-state index in [0.29, 0.717) is 17.1 Å². The Bertz CT molecular complexity index is 1510. The molecular weight excluding hydrogens is 1170 g/mol. The number of nitrogens with one attached hydrogen (secondary N) is 1. The molecule has 0 radical (unpaired) electrons. The predicted molar refractivity (Wildman–Crippen MR) is 175 cm³/mol. The van der Waals surface area contributed by atoms with Crippen molar-refractivity contribution in [3.05, 3.63) is 63.3 Å². The number of rotatable bonds is 8. The van der Waals surface area contributed by atoms with Gasteiger partial charge in [0.15, 0.2) is 6.29 Å². The molecule has 0 aromatic heterocycles. The van der Waals surface area contributed by atoms with Gasteiger partial charge in [0, 0.05) is 89.5 Å². The normalized spacial score (nSPS) is 10.6.